The maximum atomic E-state index is 14.3. The third kappa shape index (κ3) is 8.24. The molecular weight excluding hydrogens is 704 g/mol. The summed E-state index contributed by atoms with van der Waals surface area (Å²) >= 11 is 3.52. The Labute approximate surface area is 290 Å². The van der Waals surface area contributed by atoms with E-state index in [1.165, 1.54) is 11.0 Å². The number of halogens is 1. The van der Waals surface area contributed by atoms with Gasteiger partial charge in [-0.25, -0.2) is 13.2 Å². The SMILES string of the molecule is C=C[C@@H]1C[C@]1(NC(=O)[C@@H]1C[C@@H]2CN1C(=O)[C@H](C(C)(C)C)NC(=O)OCCCC/C=C\Cc1ccc(Br)cc1O2)C(=O)NS(=O)(=O)C1CC1. The highest BCUT2D eigenvalue weighted by Crippen LogP contribution is 2.45. The molecule has 3 fully saturated rings. The first-order valence-corrected chi connectivity index (χ1v) is 18.8. The van der Waals surface area contributed by atoms with Crippen LogP contribution in [-0.4, -0.2) is 79.3 Å². The van der Waals surface area contributed by atoms with Crippen molar-refractivity contribution in [3.05, 3.63) is 53.0 Å². The summed E-state index contributed by atoms with van der Waals surface area (Å²) in [6, 6.07) is 3.61. The monoisotopic (exact) mass is 748 g/mol. The second kappa shape index (κ2) is 14.2. The highest BCUT2D eigenvalue weighted by molar-refractivity contribution is 9.10. The van der Waals surface area contributed by atoms with Crippen LogP contribution < -0.4 is 20.1 Å². The zero-order chi connectivity index (χ0) is 34.9. The fraction of sp³-hybridized carbons (Fsp3) is 0.588. The van der Waals surface area contributed by atoms with E-state index in [-0.39, 0.29) is 26.0 Å². The van der Waals surface area contributed by atoms with Crippen LogP contribution in [0.15, 0.2) is 47.5 Å². The Morgan fingerprint density at radius 3 is 2.58 bits per heavy atom. The van der Waals surface area contributed by atoms with Crippen molar-refractivity contribution in [2.24, 2.45) is 11.3 Å². The molecule has 2 bridgehead atoms. The first kappa shape index (κ1) is 35.9. The molecule has 3 N–H and O–H groups in total. The van der Waals surface area contributed by atoms with E-state index >= 15 is 0 Å². The van der Waals surface area contributed by atoms with Gasteiger partial charge in [0.05, 0.1) is 18.4 Å². The number of cyclic esters (lactones) is 1. The van der Waals surface area contributed by atoms with Crippen LogP contribution in [0.5, 0.6) is 5.75 Å². The molecule has 0 spiro atoms. The van der Waals surface area contributed by atoms with Crippen molar-refractivity contribution in [2.75, 3.05) is 13.2 Å². The smallest absolute Gasteiger partial charge is 0.407 e. The molecule has 4 amide bonds. The molecule has 2 aliphatic carbocycles. The lowest BCUT2D eigenvalue weighted by Gasteiger charge is -2.35. The Morgan fingerprint density at radius 2 is 1.92 bits per heavy atom. The van der Waals surface area contributed by atoms with E-state index in [0.717, 1.165) is 22.9 Å². The Morgan fingerprint density at radius 1 is 1.17 bits per heavy atom. The minimum absolute atomic E-state index is 0.0299. The number of allylic oxidation sites excluding steroid dienone is 2. The van der Waals surface area contributed by atoms with Gasteiger partial charge in [-0.2, -0.15) is 0 Å². The van der Waals surface area contributed by atoms with E-state index in [1.807, 2.05) is 18.2 Å². The number of carbonyl (C=O) groups excluding carboxylic acids is 4. The quantitative estimate of drug-likeness (QED) is 0.370. The van der Waals surface area contributed by atoms with Crippen LogP contribution in [0.1, 0.15) is 71.3 Å². The second-order valence-corrected chi connectivity index (χ2v) is 17.0. The molecule has 5 atom stereocenters. The number of fused-ring (bicyclic) bond motifs is 3. The number of amides is 4. The summed E-state index contributed by atoms with van der Waals surface area (Å²) in [5, 5.41) is 4.90. The summed E-state index contributed by atoms with van der Waals surface area (Å²) in [4.78, 5) is 56.1. The maximum Gasteiger partial charge on any atom is 0.407 e. The lowest BCUT2D eigenvalue weighted by molar-refractivity contribution is -0.142. The van der Waals surface area contributed by atoms with Gasteiger partial charge in [-0.3, -0.25) is 19.1 Å². The fourth-order valence-electron chi connectivity index (χ4n) is 6.21. The number of benzene rings is 1. The molecule has 2 saturated carbocycles. The van der Waals surface area contributed by atoms with Crippen molar-refractivity contribution >= 4 is 49.8 Å². The van der Waals surface area contributed by atoms with Crippen molar-refractivity contribution in [3.63, 3.8) is 0 Å². The van der Waals surface area contributed by atoms with E-state index in [0.29, 0.717) is 31.4 Å². The van der Waals surface area contributed by atoms with Crippen LogP contribution in [0.3, 0.4) is 0 Å². The zero-order valence-corrected chi connectivity index (χ0v) is 30.0. The third-order valence-corrected chi connectivity index (χ3v) is 11.6. The number of carbonyl (C=O) groups is 4. The van der Waals surface area contributed by atoms with Gasteiger partial charge < -0.3 is 25.0 Å². The molecule has 14 heteroatoms. The van der Waals surface area contributed by atoms with Crippen LogP contribution in [-0.2, 0) is 35.6 Å². The van der Waals surface area contributed by atoms with Gasteiger partial charge in [0.25, 0.3) is 5.91 Å². The molecule has 2 heterocycles. The zero-order valence-electron chi connectivity index (χ0n) is 27.6. The number of hydrogen-bond donors (Lipinski definition) is 3. The largest absolute Gasteiger partial charge is 0.488 e. The van der Waals surface area contributed by atoms with E-state index in [1.54, 1.807) is 20.8 Å². The summed E-state index contributed by atoms with van der Waals surface area (Å²) in [5.41, 5.74) is -1.35. The van der Waals surface area contributed by atoms with E-state index < -0.39 is 74.1 Å². The maximum absolute atomic E-state index is 14.3. The highest BCUT2D eigenvalue weighted by Gasteiger charge is 2.62. The molecular formula is C34H45BrN4O8S. The molecule has 0 radical (unpaired) electrons. The highest BCUT2D eigenvalue weighted by atomic mass is 79.9. The van der Waals surface area contributed by atoms with Crippen LogP contribution in [0, 0.1) is 11.3 Å². The Hall–Kier alpha value is -3.39. The molecule has 2 aliphatic heterocycles. The molecule has 4 aliphatic rings. The van der Waals surface area contributed by atoms with E-state index in [9.17, 15) is 27.6 Å². The topological polar surface area (TPSA) is 160 Å². The number of ether oxygens (including phenoxy) is 2. The minimum atomic E-state index is -3.87. The fourth-order valence-corrected chi connectivity index (χ4v) is 7.92. The number of nitrogens with one attached hydrogen (secondary N) is 3. The molecule has 0 unspecified atom stereocenters. The van der Waals surface area contributed by atoms with E-state index in [4.69, 9.17) is 9.47 Å². The summed E-state index contributed by atoms with van der Waals surface area (Å²) in [6.07, 6.45) is 8.41. The number of nitrogens with zero attached hydrogens (tertiary/aromatic N) is 1. The first-order chi connectivity index (χ1) is 22.6. The normalized spacial score (nSPS) is 29.1. The summed E-state index contributed by atoms with van der Waals surface area (Å²) < 4.78 is 40.1. The summed E-state index contributed by atoms with van der Waals surface area (Å²) in [7, 11) is -3.87. The van der Waals surface area contributed by atoms with Gasteiger partial charge in [0.1, 0.15) is 29.5 Å². The molecule has 12 nitrogen and oxygen atoms in total. The average Bonchev–Trinajstić information content (AvgIpc) is 3.94. The van der Waals surface area contributed by atoms with Crippen molar-refractivity contribution in [1.29, 1.82) is 0 Å². The Balaban J connectivity index is 1.46. The van der Waals surface area contributed by atoms with Gasteiger partial charge in [0.15, 0.2) is 0 Å². The number of rotatable bonds is 6. The van der Waals surface area contributed by atoms with Crippen LogP contribution in [0.25, 0.3) is 0 Å². The molecule has 5 rings (SSSR count). The molecule has 1 saturated heterocycles. The number of alkyl carbamates (subject to hydrolysis) is 1. The third-order valence-electron chi connectivity index (χ3n) is 9.30. The van der Waals surface area contributed by atoms with Gasteiger partial charge in [0.2, 0.25) is 21.8 Å². The Kier molecular flexibility index (Phi) is 10.6. The predicted octanol–water partition coefficient (Wildman–Crippen LogP) is 3.89. The van der Waals surface area contributed by atoms with Crippen molar-refractivity contribution < 1.29 is 37.1 Å². The number of hydrogen-bond acceptors (Lipinski definition) is 8. The van der Waals surface area contributed by atoms with Crippen molar-refractivity contribution in [1.82, 2.24) is 20.3 Å². The molecule has 1 aromatic carbocycles. The van der Waals surface area contributed by atoms with Crippen LogP contribution >= 0.6 is 15.9 Å². The predicted molar refractivity (Wildman–Crippen MR) is 182 cm³/mol. The lowest BCUT2D eigenvalue weighted by atomic mass is 9.85. The van der Waals surface area contributed by atoms with E-state index in [2.05, 4.69) is 50.0 Å². The van der Waals surface area contributed by atoms with Gasteiger partial charge in [0, 0.05) is 16.8 Å². The molecule has 1 aromatic rings. The average molecular weight is 750 g/mol. The number of sulfonamides is 1. The standard InChI is InChI=1S/C34H45BrN4O8S/c1-5-22-19-34(22,31(42)38-48(44,45)25-14-15-25)37-29(40)26-18-24-20-39(26)30(41)28(33(2,3)4)36-32(43)46-16-10-8-6-7-9-11-21-12-13-23(35)17-27(21)47-24/h5,7,9,12-13,17,22,24-26,28H,1,6,8,10-11,14-16,18-20H2,2-4H3,(H,36,43)(H,37,40)(H,38,42)/b9-7-/t22-,24-,26+,28-,34-/m1/s1. The van der Waals surface area contributed by atoms with Crippen LogP contribution in [0.4, 0.5) is 4.79 Å². The lowest BCUT2D eigenvalue weighted by Crippen LogP contribution is -2.60. The molecule has 262 valence electrons. The second-order valence-electron chi connectivity index (χ2n) is 14.2. The summed E-state index contributed by atoms with van der Waals surface area (Å²) in [6.45, 7) is 9.40. The van der Waals surface area contributed by atoms with Crippen LogP contribution in [0.2, 0.25) is 0 Å². The van der Waals surface area contributed by atoms with Gasteiger partial charge in [-0.1, -0.05) is 61.0 Å². The van der Waals surface area contributed by atoms with Gasteiger partial charge >= 0.3 is 6.09 Å². The first-order valence-electron chi connectivity index (χ1n) is 16.5. The molecule has 48 heavy (non-hydrogen) atoms. The van der Waals surface area contributed by atoms with Gasteiger partial charge in [-0.15, -0.1) is 6.58 Å². The summed E-state index contributed by atoms with van der Waals surface area (Å²) in [5.74, 6) is -1.84. The van der Waals surface area contributed by atoms with Crippen molar-refractivity contribution in [3.8, 4) is 5.75 Å². The minimum Gasteiger partial charge on any atom is -0.488 e. The van der Waals surface area contributed by atoms with Gasteiger partial charge in [-0.05, 0) is 68.1 Å². The Bertz CT molecular complexity index is 1590. The molecule has 0 aromatic heterocycles. The van der Waals surface area contributed by atoms with Crippen molar-refractivity contribution in [2.45, 2.75) is 101 Å².